The predicted molar refractivity (Wildman–Crippen MR) is 111 cm³/mol. The molecule has 0 spiro atoms. The molecule has 4 rings (SSSR count). The van der Waals surface area contributed by atoms with Gasteiger partial charge in [0.2, 0.25) is 5.91 Å². The second kappa shape index (κ2) is 9.28. The third-order valence-electron chi connectivity index (χ3n) is 6.19. The van der Waals surface area contributed by atoms with Crippen molar-refractivity contribution in [3.63, 3.8) is 0 Å². The molecule has 2 aliphatic rings. The fraction of sp³-hybridized carbons (Fsp3) is 0.522. The van der Waals surface area contributed by atoms with Crippen molar-refractivity contribution in [3.8, 4) is 0 Å². The normalized spacial score (nSPS) is 20.1. The molecule has 0 radical (unpaired) electrons. The second-order valence-corrected chi connectivity index (χ2v) is 7.97. The average Bonchev–Trinajstić information content (AvgIpc) is 3.30. The van der Waals surface area contributed by atoms with Crippen LogP contribution < -0.4 is 10.2 Å². The van der Waals surface area contributed by atoms with E-state index >= 15 is 0 Å². The largest absolute Gasteiger partial charge is 0.468 e. The van der Waals surface area contributed by atoms with Gasteiger partial charge in [-0.05, 0) is 37.1 Å². The zero-order chi connectivity index (χ0) is 19.2. The molecule has 1 amide bonds. The number of piperazine rings is 1. The number of furan rings is 1. The molecular formula is C23H31N3O2. The molecule has 5 nitrogen and oxygen atoms in total. The maximum absolute atomic E-state index is 12.6. The molecule has 1 aromatic carbocycles. The standard InChI is InChI=1S/C23H31N3O2/c27-23(19-8-3-1-4-9-19)24-18-21(22-12-7-17-28-22)26-15-13-25(14-16-26)20-10-5-2-6-11-20/h2,5-7,10-12,17,19,21H,1,3-4,8-9,13-16,18H2,(H,24,27)/t21-/m0/s1. The Balaban J connectivity index is 1.36. The Kier molecular flexibility index (Phi) is 6.32. The van der Waals surface area contributed by atoms with Crippen LogP contribution in [0.15, 0.2) is 53.1 Å². The first-order valence-electron chi connectivity index (χ1n) is 10.7. The maximum atomic E-state index is 12.6. The minimum absolute atomic E-state index is 0.0977. The number of amides is 1. The van der Waals surface area contributed by atoms with Crippen molar-refractivity contribution in [3.05, 3.63) is 54.5 Å². The molecule has 1 atom stereocenters. The van der Waals surface area contributed by atoms with Crippen LogP contribution in [-0.2, 0) is 4.79 Å². The van der Waals surface area contributed by atoms with Crippen LogP contribution in [0.5, 0.6) is 0 Å². The van der Waals surface area contributed by atoms with Crippen LogP contribution >= 0.6 is 0 Å². The van der Waals surface area contributed by atoms with Crippen molar-refractivity contribution >= 4 is 11.6 Å². The van der Waals surface area contributed by atoms with Crippen molar-refractivity contribution in [2.45, 2.75) is 38.1 Å². The highest BCUT2D eigenvalue weighted by Gasteiger charge is 2.28. The van der Waals surface area contributed by atoms with Gasteiger partial charge < -0.3 is 14.6 Å². The first kappa shape index (κ1) is 19.1. The lowest BCUT2D eigenvalue weighted by atomic mass is 9.88. The molecule has 1 aliphatic heterocycles. The van der Waals surface area contributed by atoms with Crippen LogP contribution in [0, 0.1) is 5.92 Å². The Hall–Kier alpha value is -2.27. The van der Waals surface area contributed by atoms with Crippen LogP contribution in [0.25, 0.3) is 0 Å². The summed E-state index contributed by atoms with van der Waals surface area (Å²) in [7, 11) is 0. The number of hydrogen-bond acceptors (Lipinski definition) is 4. The van der Waals surface area contributed by atoms with E-state index in [2.05, 4.69) is 45.4 Å². The van der Waals surface area contributed by atoms with Gasteiger partial charge in [0, 0.05) is 44.3 Å². The molecule has 2 fully saturated rings. The van der Waals surface area contributed by atoms with Gasteiger partial charge in [-0.25, -0.2) is 0 Å². The van der Waals surface area contributed by atoms with E-state index in [1.807, 2.05) is 12.1 Å². The lowest BCUT2D eigenvalue weighted by molar-refractivity contribution is -0.126. The fourth-order valence-electron chi connectivity index (χ4n) is 4.53. The number of hydrogen-bond donors (Lipinski definition) is 1. The van der Waals surface area contributed by atoms with E-state index < -0.39 is 0 Å². The number of nitrogens with one attached hydrogen (secondary N) is 1. The molecule has 150 valence electrons. The van der Waals surface area contributed by atoms with Gasteiger partial charge in [-0.15, -0.1) is 0 Å². The quantitative estimate of drug-likeness (QED) is 0.826. The van der Waals surface area contributed by atoms with Crippen LogP contribution in [0.2, 0.25) is 0 Å². The first-order chi connectivity index (χ1) is 13.8. The molecule has 1 saturated carbocycles. The van der Waals surface area contributed by atoms with Crippen LogP contribution in [0.4, 0.5) is 5.69 Å². The fourth-order valence-corrected chi connectivity index (χ4v) is 4.53. The van der Waals surface area contributed by atoms with Gasteiger partial charge in [0.1, 0.15) is 5.76 Å². The van der Waals surface area contributed by atoms with E-state index in [0.29, 0.717) is 6.54 Å². The van der Waals surface area contributed by atoms with Crippen molar-refractivity contribution in [2.24, 2.45) is 5.92 Å². The van der Waals surface area contributed by atoms with E-state index in [-0.39, 0.29) is 17.9 Å². The molecular weight excluding hydrogens is 350 g/mol. The third-order valence-corrected chi connectivity index (χ3v) is 6.19. The molecule has 1 saturated heterocycles. The number of rotatable bonds is 6. The van der Waals surface area contributed by atoms with Gasteiger partial charge in [-0.2, -0.15) is 0 Å². The highest BCUT2D eigenvalue weighted by atomic mass is 16.3. The van der Waals surface area contributed by atoms with E-state index in [1.165, 1.54) is 24.9 Å². The zero-order valence-corrected chi connectivity index (χ0v) is 16.6. The summed E-state index contributed by atoms with van der Waals surface area (Å²) in [6.45, 7) is 4.50. The molecule has 0 bridgehead atoms. The van der Waals surface area contributed by atoms with E-state index in [4.69, 9.17) is 4.42 Å². The van der Waals surface area contributed by atoms with Crippen LogP contribution in [0.1, 0.15) is 43.9 Å². The highest BCUT2D eigenvalue weighted by Crippen LogP contribution is 2.26. The Bertz CT molecular complexity index is 718. The summed E-state index contributed by atoms with van der Waals surface area (Å²) in [6.07, 6.45) is 7.43. The number of para-hydroxylation sites is 1. The third kappa shape index (κ3) is 4.58. The monoisotopic (exact) mass is 381 g/mol. The Morgan fingerprint density at radius 3 is 2.43 bits per heavy atom. The summed E-state index contributed by atoms with van der Waals surface area (Å²) in [5.41, 5.74) is 1.28. The molecule has 2 aromatic rings. The summed E-state index contributed by atoms with van der Waals surface area (Å²) < 4.78 is 5.73. The Morgan fingerprint density at radius 2 is 1.75 bits per heavy atom. The average molecular weight is 382 g/mol. The minimum Gasteiger partial charge on any atom is -0.468 e. The van der Waals surface area contributed by atoms with E-state index in [1.54, 1.807) is 6.26 Å². The van der Waals surface area contributed by atoms with E-state index in [0.717, 1.165) is 44.8 Å². The zero-order valence-electron chi connectivity index (χ0n) is 16.6. The molecule has 1 aromatic heterocycles. The van der Waals surface area contributed by atoms with Crippen molar-refractivity contribution in [1.82, 2.24) is 10.2 Å². The topological polar surface area (TPSA) is 48.7 Å². The summed E-state index contributed by atoms with van der Waals surface area (Å²) in [5, 5.41) is 3.23. The van der Waals surface area contributed by atoms with Crippen molar-refractivity contribution < 1.29 is 9.21 Å². The smallest absolute Gasteiger partial charge is 0.223 e. The number of carbonyl (C=O) groups excluding carboxylic acids is 1. The summed E-state index contributed by atoms with van der Waals surface area (Å²) in [6, 6.07) is 14.6. The summed E-state index contributed by atoms with van der Waals surface area (Å²) in [5.74, 6) is 1.36. The van der Waals surface area contributed by atoms with Gasteiger partial charge in [-0.3, -0.25) is 9.69 Å². The first-order valence-corrected chi connectivity index (χ1v) is 10.7. The second-order valence-electron chi connectivity index (χ2n) is 7.97. The minimum atomic E-state index is 0.0977. The molecule has 1 aliphatic carbocycles. The lowest BCUT2D eigenvalue weighted by Gasteiger charge is -2.39. The summed E-state index contributed by atoms with van der Waals surface area (Å²) >= 11 is 0. The predicted octanol–water partition coefficient (Wildman–Crippen LogP) is 3.84. The number of anilines is 1. The Labute approximate surface area is 167 Å². The van der Waals surface area contributed by atoms with Gasteiger partial charge in [0.05, 0.1) is 12.3 Å². The van der Waals surface area contributed by atoms with Crippen LogP contribution in [0.3, 0.4) is 0 Å². The molecule has 5 heteroatoms. The van der Waals surface area contributed by atoms with Crippen molar-refractivity contribution in [1.29, 1.82) is 0 Å². The van der Waals surface area contributed by atoms with Gasteiger partial charge in [0.15, 0.2) is 0 Å². The van der Waals surface area contributed by atoms with Gasteiger partial charge in [-0.1, -0.05) is 37.5 Å². The maximum Gasteiger partial charge on any atom is 0.223 e. The molecule has 28 heavy (non-hydrogen) atoms. The molecule has 0 unspecified atom stereocenters. The van der Waals surface area contributed by atoms with Gasteiger partial charge >= 0.3 is 0 Å². The van der Waals surface area contributed by atoms with Crippen molar-refractivity contribution in [2.75, 3.05) is 37.6 Å². The van der Waals surface area contributed by atoms with E-state index in [9.17, 15) is 4.79 Å². The lowest BCUT2D eigenvalue weighted by Crippen LogP contribution is -2.50. The Morgan fingerprint density at radius 1 is 1.00 bits per heavy atom. The SMILES string of the molecule is O=C(NC[C@@H](c1ccco1)N1CCN(c2ccccc2)CC1)C1CCCCC1. The highest BCUT2D eigenvalue weighted by molar-refractivity contribution is 5.78. The summed E-state index contributed by atoms with van der Waals surface area (Å²) in [4.78, 5) is 17.5. The molecule has 2 heterocycles. The molecule has 1 N–H and O–H groups in total. The number of carbonyl (C=O) groups is 1. The number of nitrogens with zero attached hydrogens (tertiary/aromatic N) is 2. The van der Waals surface area contributed by atoms with Crippen LogP contribution in [-0.4, -0.2) is 43.5 Å². The number of benzene rings is 1. The van der Waals surface area contributed by atoms with Gasteiger partial charge in [0.25, 0.3) is 0 Å².